The molecule has 0 atom stereocenters. The van der Waals surface area contributed by atoms with Gasteiger partial charge in [-0.1, -0.05) is 18.2 Å². The Bertz CT molecular complexity index is 722. The summed E-state index contributed by atoms with van der Waals surface area (Å²) in [4.78, 5) is 10.6. The summed E-state index contributed by atoms with van der Waals surface area (Å²) in [6, 6.07) is 9.72. The molecule has 3 rings (SSSR count). The first-order chi connectivity index (χ1) is 9.72. The van der Waals surface area contributed by atoms with Crippen LogP contribution in [0.3, 0.4) is 0 Å². The van der Waals surface area contributed by atoms with Gasteiger partial charge in [0.15, 0.2) is 0 Å². The van der Waals surface area contributed by atoms with Gasteiger partial charge in [0.2, 0.25) is 0 Å². The van der Waals surface area contributed by atoms with Gasteiger partial charge in [-0.25, -0.2) is 9.97 Å². The van der Waals surface area contributed by atoms with Crippen LogP contribution in [0.25, 0.3) is 11.0 Å². The van der Waals surface area contributed by atoms with Crippen molar-refractivity contribution >= 4 is 16.8 Å². The lowest BCUT2D eigenvalue weighted by Gasteiger charge is -2.14. The van der Waals surface area contributed by atoms with Crippen LogP contribution in [-0.4, -0.2) is 21.9 Å². The largest absolute Gasteiger partial charge is 0.464 e. The molecule has 5 nitrogen and oxygen atoms in total. The Labute approximate surface area is 117 Å². The minimum absolute atomic E-state index is 0.497. The lowest BCUT2D eigenvalue weighted by atomic mass is 10.2. The molecule has 0 bridgehead atoms. The van der Waals surface area contributed by atoms with Gasteiger partial charge in [0, 0.05) is 23.7 Å². The molecule has 0 fully saturated rings. The fourth-order valence-electron chi connectivity index (χ4n) is 2.23. The molecule has 0 saturated heterocycles. The molecule has 2 aromatic heterocycles. The highest BCUT2D eigenvalue weighted by Gasteiger charge is 2.09. The van der Waals surface area contributed by atoms with E-state index in [9.17, 15) is 0 Å². The Morgan fingerprint density at radius 3 is 2.90 bits per heavy atom. The van der Waals surface area contributed by atoms with Crippen LogP contribution in [0.4, 0.5) is 5.82 Å². The number of nitrogens with two attached hydrogens (primary N) is 1. The first-order valence-corrected chi connectivity index (χ1v) is 6.43. The van der Waals surface area contributed by atoms with Crippen LogP contribution in [0.15, 0.2) is 47.2 Å². The number of hydrogen-bond acceptors (Lipinski definition) is 5. The van der Waals surface area contributed by atoms with Crippen molar-refractivity contribution in [1.29, 1.82) is 0 Å². The van der Waals surface area contributed by atoms with Crippen molar-refractivity contribution in [3.05, 3.63) is 54.2 Å². The number of benzene rings is 1. The maximum atomic E-state index is 5.66. The maximum absolute atomic E-state index is 5.66. The molecule has 2 heterocycles. The van der Waals surface area contributed by atoms with Crippen molar-refractivity contribution < 1.29 is 4.42 Å². The Balaban J connectivity index is 1.74. The van der Waals surface area contributed by atoms with Gasteiger partial charge >= 0.3 is 0 Å². The van der Waals surface area contributed by atoms with Crippen molar-refractivity contribution in [1.82, 2.24) is 14.9 Å². The highest BCUT2D eigenvalue weighted by Crippen LogP contribution is 2.21. The van der Waals surface area contributed by atoms with E-state index in [-0.39, 0.29) is 0 Å². The van der Waals surface area contributed by atoms with E-state index in [4.69, 9.17) is 10.2 Å². The molecule has 0 spiro atoms. The van der Waals surface area contributed by atoms with Gasteiger partial charge in [0.25, 0.3) is 0 Å². The molecule has 20 heavy (non-hydrogen) atoms. The summed E-state index contributed by atoms with van der Waals surface area (Å²) >= 11 is 0. The number of rotatable bonds is 4. The lowest BCUT2D eigenvalue weighted by molar-refractivity contribution is 0.310. The molecule has 3 aromatic rings. The molecular weight excluding hydrogens is 252 g/mol. The summed E-state index contributed by atoms with van der Waals surface area (Å²) in [6.07, 6.45) is 3.49. The molecule has 0 unspecified atom stereocenters. The minimum atomic E-state index is 0.497. The third-order valence-electron chi connectivity index (χ3n) is 3.14. The zero-order chi connectivity index (χ0) is 13.9. The fraction of sp³-hybridized carbons (Fsp3) is 0.200. The molecule has 0 aliphatic heterocycles. The number of nitrogens with zero attached hydrogens (tertiary/aromatic N) is 3. The second-order valence-corrected chi connectivity index (χ2v) is 4.83. The number of anilines is 1. The van der Waals surface area contributed by atoms with E-state index in [2.05, 4.69) is 20.9 Å². The molecule has 5 heteroatoms. The summed E-state index contributed by atoms with van der Waals surface area (Å²) in [5, 5.41) is 1.15. The Morgan fingerprint density at radius 1 is 1.20 bits per heavy atom. The summed E-state index contributed by atoms with van der Waals surface area (Å²) in [6.45, 7) is 1.42. The predicted molar refractivity (Wildman–Crippen MR) is 77.8 cm³/mol. The van der Waals surface area contributed by atoms with Gasteiger partial charge < -0.3 is 10.2 Å². The Kier molecular flexibility index (Phi) is 3.35. The molecule has 0 aliphatic rings. The third-order valence-corrected chi connectivity index (χ3v) is 3.14. The van der Waals surface area contributed by atoms with Crippen LogP contribution in [-0.2, 0) is 13.1 Å². The van der Waals surface area contributed by atoms with E-state index in [1.807, 2.05) is 25.2 Å². The standard InChI is InChI=1S/C15H16N4O/c1-19(9-15-17-7-6-14(16)18-15)8-11-10-20-13-5-3-2-4-12(11)13/h2-7,10H,8-9H2,1H3,(H2,16,17,18). The van der Waals surface area contributed by atoms with Crippen LogP contribution in [0.1, 0.15) is 11.4 Å². The topological polar surface area (TPSA) is 68.2 Å². The number of furan rings is 1. The number of para-hydroxylation sites is 1. The van der Waals surface area contributed by atoms with Gasteiger partial charge in [0.05, 0.1) is 12.8 Å². The van der Waals surface area contributed by atoms with Gasteiger partial charge in [-0.3, -0.25) is 4.90 Å². The third kappa shape index (κ3) is 2.62. The van der Waals surface area contributed by atoms with Gasteiger partial charge in [-0.05, 0) is 19.2 Å². The monoisotopic (exact) mass is 268 g/mol. The highest BCUT2D eigenvalue weighted by atomic mass is 16.3. The van der Waals surface area contributed by atoms with Crippen LogP contribution in [0, 0.1) is 0 Å². The summed E-state index contributed by atoms with van der Waals surface area (Å²) < 4.78 is 5.54. The predicted octanol–water partition coefficient (Wildman–Crippen LogP) is 2.44. The molecular formula is C15H16N4O. The van der Waals surface area contributed by atoms with Crippen LogP contribution >= 0.6 is 0 Å². The molecule has 0 amide bonds. The molecule has 102 valence electrons. The molecule has 0 radical (unpaired) electrons. The van der Waals surface area contributed by atoms with E-state index in [1.165, 1.54) is 0 Å². The second-order valence-electron chi connectivity index (χ2n) is 4.83. The molecule has 1 aromatic carbocycles. The van der Waals surface area contributed by atoms with Crippen LogP contribution in [0.5, 0.6) is 0 Å². The average Bonchev–Trinajstić information content (AvgIpc) is 2.82. The van der Waals surface area contributed by atoms with Gasteiger partial charge in [0.1, 0.15) is 17.2 Å². The average molecular weight is 268 g/mol. The lowest BCUT2D eigenvalue weighted by Crippen LogP contribution is -2.19. The maximum Gasteiger partial charge on any atom is 0.144 e. The van der Waals surface area contributed by atoms with Crippen LogP contribution in [0.2, 0.25) is 0 Å². The molecule has 0 saturated carbocycles. The number of fused-ring (bicyclic) bond motifs is 1. The zero-order valence-corrected chi connectivity index (χ0v) is 11.3. The van der Waals surface area contributed by atoms with Gasteiger partial charge in [-0.15, -0.1) is 0 Å². The summed E-state index contributed by atoms with van der Waals surface area (Å²) in [5.41, 5.74) is 7.73. The normalized spacial score (nSPS) is 11.3. The smallest absolute Gasteiger partial charge is 0.144 e. The van der Waals surface area contributed by atoms with E-state index < -0.39 is 0 Å². The van der Waals surface area contributed by atoms with Crippen molar-refractivity contribution in [2.24, 2.45) is 0 Å². The van der Waals surface area contributed by atoms with Crippen molar-refractivity contribution in [2.45, 2.75) is 13.1 Å². The van der Waals surface area contributed by atoms with E-state index in [0.29, 0.717) is 12.4 Å². The summed E-state index contributed by atoms with van der Waals surface area (Å²) in [7, 11) is 2.02. The zero-order valence-electron chi connectivity index (χ0n) is 11.3. The first kappa shape index (κ1) is 12.6. The van der Waals surface area contributed by atoms with E-state index >= 15 is 0 Å². The van der Waals surface area contributed by atoms with E-state index in [0.717, 1.165) is 28.9 Å². The van der Waals surface area contributed by atoms with Crippen molar-refractivity contribution in [3.8, 4) is 0 Å². The number of nitrogen functional groups attached to an aromatic ring is 1. The van der Waals surface area contributed by atoms with Gasteiger partial charge in [-0.2, -0.15) is 0 Å². The Hall–Kier alpha value is -2.40. The molecule has 2 N–H and O–H groups in total. The van der Waals surface area contributed by atoms with Crippen molar-refractivity contribution in [3.63, 3.8) is 0 Å². The first-order valence-electron chi connectivity index (χ1n) is 6.43. The quantitative estimate of drug-likeness (QED) is 0.787. The second kappa shape index (κ2) is 5.30. The highest BCUT2D eigenvalue weighted by molar-refractivity contribution is 5.80. The fourth-order valence-corrected chi connectivity index (χ4v) is 2.23. The number of hydrogen-bond donors (Lipinski definition) is 1. The minimum Gasteiger partial charge on any atom is -0.464 e. The van der Waals surface area contributed by atoms with Crippen LogP contribution < -0.4 is 5.73 Å². The summed E-state index contributed by atoms with van der Waals surface area (Å²) in [5.74, 6) is 1.22. The van der Waals surface area contributed by atoms with Crippen molar-refractivity contribution in [2.75, 3.05) is 12.8 Å². The number of aromatic nitrogens is 2. The van der Waals surface area contributed by atoms with E-state index in [1.54, 1.807) is 18.5 Å². The SMILES string of the molecule is CN(Cc1nccc(N)n1)Cc1coc2ccccc12. The molecule has 0 aliphatic carbocycles. The Morgan fingerprint density at radius 2 is 2.05 bits per heavy atom.